The van der Waals surface area contributed by atoms with Crippen LogP contribution >= 0.6 is 23.1 Å². The fraction of sp³-hybridized carbons (Fsp3) is 0.208. The Labute approximate surface area is 185 Å². The van der Waals surface area contributed by atoms with Crippen LogP contribution < -0.4 is 9.64 Å². The van der Waals surface area contributed by atoms with Crippen LogP contribution in [0.2, 0.25) is 0 Å². The third-order valence-corrected chi connectivity index (χ3v) is 7.58. The minimum atomic E-state index is 0.359. The van der Waals surface area contributed by atoms with Crippen LogP contribution in [0.1, 0.15) is 22.9 Å². The monoisotopic (exact) mass is 433 g/mol. The second-order valence-electron chi connectivity index (χ2n) is 7.21. The summed E-state index contributed by atoms with van der Waals surface area (Å²) < 4.78 is 7.86. The molecule has 1 aliphatic heterocycles. The van der Waals surface area contributed by atoms with Crippen LogP contribution in [0.4, 0.5) is 5.69 Å². The predicted octanol–water partition coefficient (Wildman–Crippen LogP) is 6.19. The molecule has 1 aliphatic rings. The maximum atomic E-state index is 5.66. The summed E-state index contributed by atoms with van der Waals surface area (Å²) in [5.41, 5.74) is 3.82. The van der Waals surface area contributed by atoms with Crippen LogP contribution in [0.5, 0.6) is 5.75 Å². The molecule has 4 aromatic rings. The van der Waals surface area contributed by atoms with Gasteiger partial charge >= 0.3 is 0 Å². The second kappa shape index (κ2) is 8.58. The molecular formula is C24H23N3OS2. The summed E-state index contributed by atoms with van der Waals surface area (Å²) in [5, 5.41) is 3.40. The number of thioether (sulfide) groups is 1. The molecule has 0 saturated heterocycles. The number of rotatable bonds is 5. The topological polar surface area (TPSA) is 30.3 Å². The normalized spacial score (nSPS) is 16.2. The van der Waals surface area contributed by atoms with Crippen LogP contribution in [-0.4, -0.2) is 23.2 Å². The number of thiazole rings is 1. The van der Waals surface area contributed by atoms with Gasteiger partial charge in [-0.1, -0.05) is 30.3 Å². The van der Waals surface area contributed by atoms with Crippen molar-refractivity contribution in [1.29, 1.82) is 0 Å². The number of aromatic nitrogens is 2. The number of anilines is 1. The van der Waals surface area contributed by atoms with Gasteiger partial charge in [0, 0.05) is 45.7 Å². The molecule has 0 aliphatic carbocycles. The number of nitrogens with zero attached hydrogens (tertiary/aromatic N) is 3. The Kier molecular flexibility index (Phi) is 5.51. The number of benzene rings is 2. The van der Waals surface area contributed by atoms with Gasteiger partial charge in [0.05, 0.1) is 19.3 Å². The first kappa shape index (κ1) is 19.3. The predicted molar refractivity (Wildman–Crippen MR) is 125 cm³/mol. The van der Waals surface area contributed by atoms with E-state index in [0.717, 1.165) is 30.4 Å². The van der Waals surface area contributed by atoms with Crippen molar-refractivity contribution in [3.63, 3.8) is 0 Å². The maximum absolute atomic E-state index is 5.66. The zero-order valence-corrected chi connectivity index (χ0v) is 18.4. The van der Waals surface area contributed by atoms with Crippen molar-refractivity contribution in [2.45, 2.75) is 23.1 Å². The van der Waals surface area contributed by atoms with Crippen LogP contribution in [0, 0.1) is 0 Å². The summed E-state index contributed by atoms with van der Waals surface area (Å²) >= 11 is 3.60. The number of fused-ring (bicyclic) bond motifs is 1. The van der Waals surface area contributed by atoms with Crippen molar-refractivity contribution in [2.75, 3.05) is 18.6 Å². The van der Waals surface area contributed by atoms with Gasteiger partial charge in [0.25, 0.3) is 0 Å². The molecule has 0 unspecified atom stereocenters. The number of methoxy groups -OCH3 is 1. The van der Waals surface area contributed by atoms with E-state index >= 15 is 0 Å². The molecule has 0 radical (unpaired) electrons. The van der Waals surface area contributed by atoms with Crippen molar-refractivity contribution >= 4 is 28.8 Å². The van der Waals surface area contributed by atoms with Gasteiger partial charge in [0.15, 0.2) is 5.13 Å². The highest BCUT2D eigenvalue weighted by molar-refractivity contribution is 7.99. The Bertz CT molecular complexity index is 1120. The average Bonchev–Trinajstić information content (AvgIpc) is 3.44. The Morgan fingerprint density at radius 1 is 1.07 bits per heavy atom. The standard InChI is InChI=1S/C24H23N3OS2/c1-28-21-10-4-2-8-19(21)22-12-15-26(20-9-3-5-11-23(20)30-22)17-18-7-6-14-27(18)24-25-13-16-29-24/h2-11,13-14,16,22H,12,15,17H2,1H3/t22-/m0/s1. The molecule has 30 heavy (non-hydrogen) atoms. The molecule has 0 bridgehead atoms. The molecule has 0 fully saturated rings. The minimum Gasteiger partial charge on any atom is -0.496 e. The fourth-order valence-corrected chi connectivity index (χ4v) is 5.98. The molecule has 2 aromatic carbocycles. The van der Waals surface area contributed by atoms with Crippen LogP contribution in [-0.2, 0) is 6.54 Å². The molecule has 0 N–H and O–H groups in total. The zero-order valence-electron chi connectivity index (χ0n) is 16.8. The quantitative estimate of drug-likeness (QED) is 0.376. The highest BCUT2D eigenvalue weighted by atomic mass is 32.2. The Morgan fingerprint density at radius 2 is 1.93 bits per heavy atom. The van der Waals surface area contributed by atoms with Gasteiger partial charge in [-0.15, -0.1) is 23.1 Å². The van der Waals surface area contributed by atoms with E-state index in [1.807, 2.05) is 29.4 Å². The van der Waals surface area contributed by atoms with Gasteiger partial charge in [-0.25, -0.2) is 4.98 Å². The maximum Gasteiger partial charge on any atom is 0.193 e. The number of hydrogen-bond donors (Lipinski definition) is 0. The average molecular weight is 434 g/mol. The molecule has 5 rings (SSSR count). The van der Waals surface area contributed by atoms with Gasteiger partial charge in [-0.3, -0.25) is 4.57 Å². The summed E-state index contributed by atoms with van der Waals surface area (Å²) in [5.74, 6) is 0.971. The lowest BCUT2D eigenvalue weighted by molar-refractivity contribution is 0.409. The van der Waals surface area contributed by atoms with E-state index in [2.05, 4.69) is 75.2 Å². The lowest BCUT2D eigenvalue weighted by Gasteiger charge is -2.25. The smallest absolute Gasteiger partial charge is 0.193 e. The summed E-state index contributed by atoms with van der Waals surface area (Å²) in [6.45, 7) is 1.83. The third kappa shape index (κ3) is 3.73. The highest BCUT2D eigenvalue weighted by Gasteiger charge is 2.25. The number of para-hydroxylation sites is 2. The van der Waals surface area contributed by atoms with Gasteiger partial charge in [-0.05, 0) is 36.8 Å². The van der Waals surface area contributed by atoms with E-state index < -0.39 is 0 Å². The number of hydrogen-bond acceptors (Lipinski definition) is 5. The van der Waals surface area contributed by atoms with Gasteiger partial charge in [0.1, 0.15) is 5.75 Å². The van der Waals surface area contributed by atoms with Crippen molar-refractivity contribution in [3.8, 4) is 10.9 Å². The van der Waals surface area contributed by atoms with Crippen molar-refractivity contribution in [3.05, 3.63) is 89.7 Å². The first-order valence-electron chi connectivity index (χ1n) is 10.0. The summed E-state index contributed by atoms with van der Waals surface area (Å²) in [6.07, 6.45) is 5.02. The molecule has 6 heteroatoms. The van der Waals surface area contributed by atoms with E-state index in [4.69, 9.17) is 4.74 Å². The summed E-state index contributed by atoms with van der Waals surface area (Å²) in [6, 6.07) is 21.4. The first-order chi connectivity index (χ1) is 14.8. The Balaban J connectivity index is 1.46. The SMILES string of the molecule is COc1ccccc1[C@@H]1CCN(Cc2cccn2-c2nccs2)c2ccccc2S1. The number of ether oxygens (including phenoxy) is 1. The highest BCUT2D eigenvalue weighted by Crippen LogP contribution is 2.47. The largest absolute Gasteiger partial charge is 0.496 e. The molecule has 152 valence electrons. The van der Waals surface area contributed by atoms with Crippen molar-refractivity contribution in [1.82, 2.24) is 9.55 Å². The zero-order chi connectivity index (χ0) is 20.3. The van der Waals surface area contributed by atoms with E-state index in [9.17, 15) is 0 Å². The first-order valence-corrected chi connectivity index (χ1v) is 11.8. The lowest BCUT2D eigenvalue weighted by Crippen LogP contribution is -2.25. The Hall–Kier alpha value is -2.70. The van der Waals surface area contributed by atoms with E-state index in [-0.39, 0.29) is 0 Å². The summed E-state index contributed by atoms with van der Waals surface area (Å²) in [7, 11) is 1.76. The van der Waals surface area contributed by atoms with E-state index in [1.54, 1.807) is 18.4 Å². The van der Waals surface area contributed by atoms with E-state index in [0.29, 0.717) is 5.25 Å². The van der Waals surface area contributed by atoms with Gasteiger partial charge in [0.2, 0.25) is 0 Å². The minimum absolute atomic E-state index is 0.359. The Morgan fingerprint density at radius 3 is 2.80 bits per heavy atom. The van der Waals surface area contributed by atoms with Crippen LogP contribution in [0.3, 0.4) is 0 Å². The molecule has 4 nitrogen and oxygen atoms in total. The molecule has 2 aromatic heterocycles. The molecular weight excluding hydrogens is 410 g/mol. The lowest BCUT2D eigenvalue weighted by atomic mass is 10.1. The molecule has 0 spiro atoms. The third-order valence-electron chi connectivity index (χ3n) is 5.43. The van der Waals surface area contributed by atoms with E-state index in [1.165, 1.54) is 21.8 Å². The molecule has 1 atom stereocenters. The second-order valence-corrected chi connectivity index (χ2v) is 9.33. The molecule has 3 heterocycles. The van der Waals surface area contributed by atoms with Crippen LogP contribution in [0.25, 0.3) is 5.13 Å². The van der Waals surface area contributed by atoms with Crippen molar-refractivity contribution in [2.24, 2.45) is 0 Å². The van der Waals surface area contributed by atoms with Gasteiger partial charge in [-0.2, -0.15) is 0 Å². The fourth-order valence-electron chi connectivity index (χ4n) is 4.00. The molecule has 0 amide bonds. The molecule has 0 saturated carbocycles. The van der Waals surface area contributed by atoms with Crippen LogP contribution in [0.15, 0.2) is 83.3 Å². The van der Waals surface area contributed by atoms with Gasteiger partial charge < -0.3 is 9.64 Å². The van der Waals surface area contributed by atoms with Crippen molar-refractivity contribution < 1.29 is 4.74 Å². The summed E-state index contributed by atoms with van der Waals surface area (Å²) in [4.78, 5) is 8.31.